The van der Waals surface area contributed by atoms with Gasteiger partial charge in [-0.2, -0.15) is 0 Å². The van der Waals surface area contributed by atoms with Gasteiger partial charge < -0.3 is 9.47 Å². The van der Waals surface area contributed by atoms with E-state index in [1.54, 1.807) is 0 Å². The Kier molecular flexibility index (Phi) is 10.2. The highest BCUT2D eigenvalue weighted by Gasteiger charge is 2.53. The molecule has 6 nitrogen and oxygen atoms in total. The predicted octanol–water partition coefficient (Wildman–Crippen LogP) is 20.0. The van der Waals surface area contributed by atoms with E-state index in [1.807, 2.05) is 0 Å². The molecule has 1 unspecified atom stereocenters. The summed E-state index contributed by atoms with van der Waals surface area (Å²) in [4.78, 5) is 10.9. The fraction of sp³-hybridized carbons (Fsp3) is 0.0244. The van der Waals surface area contributed by atoms with E-state index in [0.717, 1.165) is 123 Å². The summed E-state index contributed by atoms with van der Waals surface area (Å²) in [6.45, 7) is 0. The molecule has 0 saturated carbocycles. The number of hydrogen-bond acceptors (Lipinski definition) is 6. The molecular weight excluding hydrogens is 1070 g/mol. The molecule has 0 bridgehead atoms. The summed E-state index contributed by atoms with van der Waals surface area (Å²) in [6.07, 6.45) is 0. The van der Waals surface area contributed by atoms with Crippen molar-refractivity contribution in [1.29, 1.82) is 0 Å². The monoisotopic (exact) mass is 1120 g/mol. The first kappa shape index (κ1) is 48.7. The van der Waals surface area contributed by atoms with Gasteiger partial charge in [-0.3, -0.25) is 0 Å². The number of benzene rings is 13. The SMILES string of the molecule is c1ccc2c(c1)Oc1ccc(-c3nc(-c4cccc5cc(-c6ccc7c(c6)C6(c8ccccc8Oc8ccc(-c9ccc(-c%10cccc%11ccccc%10%11)nn9)cc86)c6ccccc6-7)ccc45)c4ccccc4n3)cc1C21c2ccccc2-c2ccccc21. The maximum absolute atomic E-state index is 6.90. The van der Waals surface area contributed by atoms with Crippen LogP contribution in [0.5, 0.6) is 23.0 Å². The first-order chi connectivity index (χ1) is 43.6. The van der Waals surface area contributed by atoms with Crippen LogP contribution in [0.2, 0.25) is 0 Å². The molecule has 2 aromatic heterocycles. The van der Waals surface area contributed by atoms with Crippen molar-refractivity contribution < 1.29 is 9.47 Å². The predicted molar refractivity (Wildman–Crippen MR) is 352 cm³/mol. The normalized spacial score (nSPS) is 14.9. The van der Waals surface area contributed by atoms with Crippen molar-refractivity contribution in [1.82, 2.24) is 20.2 Å². The number of nitrogens with zero attached hydrogens (tertiary/aromatic N) is 4. The van der Waals surface area contributed by atoms with Crippen LogP contribution < -0.4 is 9.47 Å². The molecule has 88 heavy (non-hydrogen) atoms. The lowest BCUT2D eigenvalue weighted by Gasteiger charge is -2.39. The van der Waals surface area contributed by atoms with E-state index in [-0.39, 0.29) is 0 Å². The lowest BCUT2D eigenvalue weighted by Crippen LogP contribution is -2.32. The smallest absolute Gasteiger partial charge is 0.160 e. The molecule has 2 aliphatic heterocycles. The Morgan fingerprint density at radius 3 is 1.40 bits per heavy atom. The topological polar surface area (TPSA) is 70.0 Å². The van der Waals surface area contributed by atoms with Gasteiger partial charge in [0.15, 0.2) is 5.82 Å². The Hall–Kier alpha value is -11.6. The van der Waals surface area contributed by atoms with Crippen molar-refractivity contribution in [3.8, 4) is 102 Å². The van der Waals surface area contributed by atoms with Crippen molar-refractivity contribution >= 4 is 32.4 Å². The van der Waals surface area contributed by atoms with Gasteiger partial charge in [0.1, 0.15) is 23.0 Å². The molecule has 0 amide bonds. The third kappa shape index (κ3) is 6.77. The molecule has 15 aromatic rings. The Morgan fingerprint density at radius 2 is 0.705 bits per heavy atom. The van der Waals surface area contributed by atoms with Gasteiger partial charge >= 0.3 is 0 Å². The van der Waals surface area contributed by atoms with Crippen LogP contribution in [0, 0.1) is 0 Å². The molecule has 0 N–H and O–H groups in total. The third-order valence-corrected chi connectivity index (χ3v) is 19.1. The van der Waals surface area contributed by atoms with E-state index >= 15 is 0 Å². The number of rotatable bonds is 5. The largest absolute Gasteiger partial charge is 0.457 e. The number of hydrogen-bond donors (Lipinski definition) is 0. The lowest BCUT2D eigenvalue weighted by molar-refractivity contribution is 0.436. The van der Waals surface area contributed by atoms with E-state index in [4.69, 9.17) is 29.6 Å². The van der Waals surface area contributed by atoms with Gasteiger partial charge in [-0.25, -0.2) is 9.97 Å². The molecule has 2 aliphatic carbocycles. The molecule has 0 saturated heterocycles. The Morgan fingerprint density at radius 1 is 0.250 bits per heavy atom. The number of fused-ring (bicyclic) bond motifs is 21. The molecular formula is C82H48N4O2. The number of aromatic nitrogens is 4. The first-order valence-corrected chi connectivity index (χ1v) is 30.0. The highest BCUT2D eigenvalue weighted by atomic mass is 16.5. The second-order valence-corrected chi connectivity index (χ2v) is 23.5. The fourth-order valence-corrected chi connectivity index (χ4v) is 15.4. The van der Waals surface area contributed by atoms with Crippen LogP contribution >= 0.6 is 0 Å². The molecule has 4 heterocycles. The van der Waals surface area contributed by atoms with Crippen molar-refractivity contribution in [2.75, 3.05) is 0 Å². The average molecular weight is 1120 g/mol. The highest BCUT2D eigenvalue weighted by Crippen LogP contribution is 2.64. The number of para-hydroxylation sites is 3. The quantitative estimate of drug-likeness (QED) is 0.171. The summed E-state index contributed by atoms with van der Waals surface area (Å²) >= 11 is 0. The zero-order valence-corrected chi connectivity index (χ0v) is 47.3. The first-order valence-electron chi connectivity index (χ1n) is 30.0. The highest BCUT2D eigenvalue weighted by molar-refractivity contribution is 6.05. The summed E-state index contributed by atoms with van der Waals surface area (Å²) in [5.74, 6) is 3.99. The van der Waals surface area contributed by atoms with Crippen LogP contribution in [-0.2, 0) is 10.8 Å². The van der Waals surface area contributed by atoms with Gasteiger partial charge in [-0.1, -0.05) is 212 Å². The summed E-state index contributed by atoms with van der Waals surface area (Å²) in [5, 5.41) is 15.3. The van der Waals surface area contributed by atoms with Crippen LogP contribution in [0.4, 0.5) is 0 Å². The van der Waals surface area contributed by atoms with Gasteiger partial charge in [0, 0.05) is 49.9 Å². The zero-order valence-electron chi connectivity index (χ0n) is 47.3. The molecule has 2 spiro atoms. The summed E-state index contributed by atoms with van der Waals surface area (Å²) < 4.78 is 13.7. The van der Waals surface area contributed by atoms with Gasteiger partial charge in [-0.05, 0) is 156 Å². The summed E-state index contributed by atoms with van der Waals surface area (Å²) in [7, 11) is 0. The minimum absolute atomic E-state index is 0.615. The van der Waals surface area contributed by atoms with Crippen LogP contribution in [-0.4, -0.2) is 20.2 Å². The standard InChI is InChI=1S/C82H48N4O2/c1-2-20-55-49(17-1)18-15-25-61(55)74-42-41-72(85-86-74)53-37-43-77-70(47-53)82(68-31-11-14-34-76(68)88-77)66-29-9-5-23-59(66)60-40-36-51(46-69(60)82)50-35-39-56-52(45-50)19-16-26-62(56)79-63-24-6-12-32-73(63)83-80(84-79)54-38-44-78-71(48-54)81(67-30-10-13-33-75(67)87-78)64-27-7-3-21-57(64)58-22-4-8-28-65(58)81/h1-48H. The van der Waals surface area contributed by atoms with Gasteiger partial charge in [0.2, 0.25) is 0 Å². The molecule has 1 atom stereocenters. The fourth-order valence-electron chi connectivity index (χ4n) is 15.4. The maximum Gasteiger partial charge on any atom is 0.160 e. The molecule has 0 fully saturated rings. The number of ether oxygens (including phenoxy) is 2. The maximum atomic E-state index is 6.90. The Labute approximate surface area is 507 Å². The van der Waals surface area contributed by atoms with Crippen LogP contribution in [0.3, 0.4) is 0 Å². The van der Waals surface area contributed by atoms with Gasteiger partial charge in [0.25, 0.3) is 0 Å². The second kappa shape index (κ2) is 18.5. The van der Waals surface area contributed by atoms with Crippen LogP contribution in [0.25, 0.3) is 111 Å². The second-order valence-electron chi connectivity index (χ2n) is 23.5. The van der Waals surface area contributed by atoms with E-state index < -0.39 is 10.8 Å². The Bertz CT molecular complexity index is 5450. The van der Waals surface area contributed by atoms with Crippen molar-refractivity contribution in [2.24, 2.45) is 0 Å². The minimum Gasteiger partial charge on any atom is -0.457 e. The van der Waals surface area contributed by atoms with Crippen molar-refractivity contribution in [3.63, 3.8) is 0 Å². The molecule has 408 valence electrons. The summed E-state index contributed by atoms with van der Waals surface area (Å²) in [5.41, 5.74) is 22.4. The van der Waals surface area contributed by atoms with Crippen molar-refractivity contribution in [2.45, 2.75) is 10.8 Å². The zero-order chi connectivity index (χ0) is 57.7. The molecule has 6 heteroatoms. The van der Waals surface area contributed by atoms with Crippen LogP contribution in [0.1, 0.15) is 44.5 Å². The van der Waals surface area contributed by atoms with E-state index in [2.05, 4.69) is 291 Å². The van der Waals surface area contributed by atoms with E-state index in [9.17, 15) is 0 Å². The lowest BCUT2D eigenvalue weighted by atomic mass is 9.65. The molecule has 4 aliphatic rings. The molecule has 13 aromatic carbocycles. The van der Waals surface area contributed by atoms with Gasteiger partial charge in [0.05, 0.1) is 33.4 Å². The average Bonchev–Trinajstić information content (AvgIpc) is 1.51. The molecule has 19 rings (SSSR count). The Balaban J connectivity index is 0.735. The van der Waals surface area contributed by atoms with Gasteiger partial charge in [-0.15, -0.1) is 10.2 Å². The van der Waals surface area contributed by atoms with Crippen molar-refractivity contribution in [3.05, 3.63) is 336 Å². The minimum atomic E-state index is -0.712. The molecule has 0 radical (unpaired) electrons. The van der Waals surface area contributed by atoms with E-state index in [1.165, 1.54) is 49.9 Å². The summed E-state index contributed by atoms with van der Waals surface area (Å²) in [6, 6.07) is 104. The van der Waals surface area contributed by atoms with Crippen LogP contribution in [0.15, 0.2) is 291 Å². The third-order valence-electron chi connectivity index (χ3n) is 19.1. The van der Waals surface area contributed by atoms with E-state index in [0.29, 0.717) is 5.82 Å².